The number of rotatable bonds is 6. The summed E-state index contributed by atoms with van der Waals surface area (Å²) in [7, 11) is -4.41. The number of carbonyl (C=O) groups excluding carboxylic acids is 1. The Morgan fingerprint density at radius 2 is 1.88 bits per heavy atom. The molecule has 0 bridgehead atoms. The summed E-state index contributed by atoms with van der Waals surface area (Å²) in [5, 5.41) is 0. The van der Waals surface area contributed by atoms with Crippen molar-refractivity contribution < 1.29 is 90.4 Å². The molecule has 2 N–H and O–H groups in total. The van der Waals surface area contributed by atoms with Gasteiger partial charge in [0.15, 0.2) is 0 Å². The van der Waals surface area contributed by atoms with Crippen molar-refractivity contribution in [3.8, 4) is 0 Å². The molecule has 0 aliphatic heterocycles. The van der Waals surface area contributed by atoms with Gasteiger partial charge < -0.3 is 17.4 Å². The molecular formula is C7H15Na2O6P. The Kier molecular flexibility index (Phi) is 16.0. The first-order valence-corrected chi connectivity index (χ1v) is 5.38. The molecule has 0 aliphatic rings. The van der Waals surface area contributed by atoms with E-state index in [0.29, 0.717) is 0 Å². The van der Waals surface area contributed by atoms with Gasteiger partial charge in [0.1, 0.15) is 0 Å². The zero-order chi connectivity index (χ0) is 11.2. The summed E-state index contributed by atoms with van der Waals surface area (Å²) in [6, 6.07) is 0. The third-order valence-corrected chi connectivity index (χ3v) is 1.65. The van der Waals surface area contributed by atoms with Crippen molar-refractivity contribution in [3.05, 3.63) is 12.2 Å². The van der Waals surface area contributed by atoms with E-state index in [1.54, 1.807) is 0 Å². The van der Waals surface area contributed by atoms with Crippen LogP contribution in [0.4, 0.5) is 0 Å². The molecule has 0 radical (unpaired) electrons. The topological polar surface area (TPSA) is 93.1 Å². The van der Waals surface area contributed by atoms with Gasteiger partial charge in [-0.3, -0.25) is 4.52 Å². The summed E-state index contributed by atoms with van der Waals surface area (Å²) in [6.07, 6.45) is 0.226. The third-order valence-electron chi connectivity index (χ3n) is 1.13. The van der Waals surface area contributed by atoms with E-state index in [0.717, 1.165) is 0 Å². The van der Waals surface area contributed by atoms with Crippen LogP contribution in [0.5, 0.6) is 0 Å². The fraction of sp³-hybridized carbons (Fsp3) is 0.571. The van der Waals surface area contributed by atoms with Crippen molar-refractivity contribution in [1.82, 2.24) is 0 Å². The van der Waals surface area contributed by atoms with E-state index in [-0.39, 0.29) is 87.2 Å². The van der Waals surface area contributed by atoms with E-state index in [4.69, 9.17) is 9.79 Å². The Bertz CT molecular complexity index is 273. The molecule has 16 heavy (non-hydrogen) atoms. The minimum atomic E-state index is -4.41. The van der Waals surface area contributed by atoms with Crippen molar-refractivity contribution in [2.45, 2.75) is 13.3 Å². The average molecular weight is 272 g/mol. The molecule has 9 heteroatoms. The first-order chi connectivity index (χ1) is 6.33. The Hall–Kier alpha value is 1.32. The number of phosphoric ester groups is 1. The summed E-state index contributed by atoms with van der Waals surface area (Å²) in [5.41, 5.74) is 0.279. The number of esters is 1. The van der Waals surface area contributed by atoms with Gasteiger partial charge in [-0.05, 0) is 6.92 Å². The predicted octanol–water partition coefficient (Wildman–Crippen LogP) is -5.16. The van der Waals surface area contributed by atoms with Crippen molar-refractivity contribution in [1.29, 1.82) is 0 Å². The summed E-state index contributed by atoms with van der Waals surface area (Å²) in [4.78, 5) is 27.3. The van der Waals surface area contributed by atoms with E-state index < -0.39 is 13.8 Å². The second-order valence-corrected chi connectivity index (χ2v) is 3.83. The molecule has 0 saturated carbocycles. The standard InChI is InChI=1S/C7H13O6P.2Na.2H/c1-6(2)7(8)12-4-3-5-13-14(9,10)11;;;;/h1,3-5H2,2H3,(H2,9,10,11);;;;/q;2*+1;2*-1. The van der Waals surface area contributed by atoms with Gasteiger partial charge >= 0.3 is 72.9 Å². The van der Waals surface area contributed by atoms with Crippen LogP contribution < -0.4 is 59.1 Å². The SMILES string of the molecule is C=C(C)C(=O)OCCCOP(=O)(O)O.[H-].[H-].[Na+].[Na+]. The largest absolute Gasteiger partial charge is 1.00 e. The Balaban J connectivity index is -0.000000141. The van der Waals surface area contributed by atoms with E-state index in [1.165, 1.54) is 6.92 Å². The van der Waals surface area contributed by atoms with E-state index in [9.17, 15) is 9.36 Å². The number of hydrogen-bond acceptors (Lipinski definition) is 4. The van der Waals surface area contributed by atoms with Crippen molar-refractivity contribution in [3.63, 3.8) is 0 Å². The minimum Gasteiger partial charge on any atom is -1.00 e. The molecule has 86 valence electrons. The monoisotopic (exact) mass is 272 g/mol. The Morgan fingerprint density at radius 3 is 2.25 bits per heavy atom. The molecule has 0 aliphatic carbocycles. The van der Waals surface area contributed by atoms with Gasteiger partial charge in [0.2, 0.25) is 0 Å². The molecule has 0 saturated heterocycles. The van der Waals surface area contributed by atoms with E-state index in [2.05, 4.69) is 15.8 Å². The van der Waals surface area contributed by atoms with Gasteiger partial charge in [0, 0.05) is 12.0 Å². The molecule has 0 heterocycles. The zero-order valence-electron chi connectivity index (χ0n) is 11.8. The van der Waals surface area contributed by atoms with Crippen LogP contribution in [0.1, 0.15) is 16.2 Å². The molecule has 0 atom stereocenters. The van der Waals surface area contributed by atoms with Gasteiger partial charge in [0.05, 0.1) is 13.2 Å². The van der Waals surface area contributed by atoms with Gasteiger partial charge in [-0.15, -0.1) is 0 Å². The molecule has 0 aromatic rings. The van der Waals surface area contributed by atoms with Crippen LogP contribution in [-0.2, 0) is 18.6 Å². The number of phosphoric acid groups is 1. The second-order valence-electron chi connectivity index (χ2n) is 2.59. The van der Waals surface area contributed by atoms with Crippen LogP contribution in [0.3, 0.4) is 0 Å². The summed E-state index contributed by atoms with van der Waals surface area (Å²) in [5.74, 6) is -0.527. The third kappa shape index (κ3) is 15.3. The van der Waals surface area contributed by atoms with Crippen LogP contribution in [0.25, 0.3) is 0 Å². The molecule has 0 aromatic carbocycles. The maximum Gasteiger partial charge on any atom is 1.00 e. The molecule has 0 spiro atoms. The average Bonchev–Trinajstić information content (AvgIpc) is 2.01. The van der Waals surface area contributed by atoms with Gasteiger partial charge in [-0.1, -0.05) is 6.58 Å². The first kappa shape index (κ1) is 22.5. The summed E-state index contributed by atoms with van der Waals surface area (Å²) >= 11 is 0. The first-order valence-electron chi connectivity index (χ1n) is 3.85. The molecular weight excluding hydrogens is 257 g/mol. The normalized spacial score (nSPS) is 9.69. The van der Waals surface area contributed by atoms with Crippen LogP contribution in [-0.4, -0.2) is 29.0 Å². The van der Waals surface area contributed by atoms with E-state index in [1.807, 2.05) is 0 Å². The quantitative estimate of drug-likeness (QED) is 0.165. The van der Waals surface area contributed by atoms with E-state index >= 15 is 0 Å². The summed E-state index contributed by atoms with van der Waals surface area (Å²) < 4.78 is 19.0. The second kappa shape index (κ2) is 11.4. The Labute approximate surface area is 142 Å². The molecule has 6 nitrogen and oxygen atoms in total. The molecule has 0 unspecified atom stereocenters. The number of ether oxygens (including phenoxy) is 1. The number of hydrogen-bond donors (Lipinski definition) is 2. The van der Waals surface area contributed by atoms with Gasteiger partial charge in [-0.25, -0.2) is 9.36 Å². The molecule has 0 rings (SSSR count). The van der Waals surface area contributed by atoms with Crippen LogP contribution in [0, 0.1) is 0 Å². The summed E-state index contributed by atoms with van der Waals surface area (Å²) in [6.45, 7) is 4.76. The maximum atomic E-state index is 10.8. The van der Waals surface area contributed by atoms with Crippen LogP contribution in [0.15, 0.2) is 12.2 Å². The maximum absolute atomic E-state index is 10.8. The molecule has 0 aromatic heterocycles. The fourth-order valence-electron chi connectivity index (χ4n) is 0.530. The molecule has 0 fully saturated rings. The van der Waals surface area contributed by atoms with Crippen LogP contribution in [0.2, 0.25) is 0 Å². The van der Waals surface area contributed by atoms with Crippen molar-refractivity contribution >= 4 is 13.8 Å². The smallest absolute Gasteiger partial charge is 1.00 e. The van der Waals surface area contributed by atoms with Crippen molar-refractivity contribution in [2.24, 2.45) is 0 Å². The molecule has 0 amide bonds. The minimum absolute atomic E-state index is 0. The Morgan fingerprint density at radius 1 is 1.38 bits per heavy atom. The fourth-order valence-corrected chi connectivity index (χ4v) is 0.897. The zero-order valence-corrected chi connectivity index (χ0v) is 14.7. The van der Waals surface area contributed by atoms with Gasteiger partial charge in [0.25, 0.3) is 0 Å². The van der Waals surface area contributed by atoms with Gasteiger partial charge in [-0.2, -0.15) is 0 Å². The predicted molar refractivity (Wildman–Crippen MR) is 50.6 cm³/mol. The van der Waals surface area contributed by atoms with Crippen molar-refractivity contribution in [2.75, 3.05) is 13.2 Å². The number of carbonyl (C=O) groups is 1. The van der Waals surface area contributed by atoms with Crippen LogP contribution >= 0.6 is 7.82 Å².